The third kappa shape index (κ3) is 5.85. The smallest absolute Gasteiger partial charge is 0.306 e. The molecule has 17 heavy (non-hydrogen) atoms. The van der Waals surface area contributed by atoms with Gasteiger partial charge in [0.15, 0.2) is 0 Å². The highest BCUT2D eigenvalue weighted by atomic mass is 16.5. The summed E-state index contributed by atoms with van der Waals surface area (Å²) < 4.78 is 5.15. The molecule has 0 spiro atoms. The van der Waals surface area contributed by atoms with Gasteiger partial charge in [-0.1, -0.05) is 37.3 Å². The lowest BCUT2D eigenvalue weighted by atomic mass is 10.0. The van der Waals surface area contributed by atoms with Crippen LogP contribution in [0.1, 0.15) is 31.7 Å². The van der Waals surface area contributed by atoms with E-state index in [2.05, 4.69) is 0 Å². The molecule has 0 amide bonds. The SMILES string of the molecule is C[C@H](CCC=O)CC(=O)OCc1ccccc1. The largest absolute Gasteiger partial charge is 0.461 e. The van der Waals surface area contributed by atoms with Gasteiger partial charge in [-0.05, 0) is 17.9 Å². The van der Waals surface area contributed by atoms with Crippen molar-refractivity contribution in [3.63, 3.8) is 0 Å². The van der Waals surface area contributed by atoms with Crippen molar-refractivity contribution in [3.8, 4) is 0 Å². The van der Waals surface area contributed by atoms with E-state index in [1.807, 2.05) is 37.3 Å². The van der Waals surface area contributed by atoms with Crippen molar-refractivity contribution in [1.29, 1.82) is 0 Å². The number of ether oxygens (including phenoxy) is 1. The Bertz CT molecular complexity index is 346. The number of carbonyl (C=O) groups is 2. The van der Waals surface area contributed by atoms with Gasteiger partial charge in [-0.3, -0.25) is 4.79 Å². The number of benzene rings is 1. The second kappa shape index (κ2) is 7.60. The summed E-state index contributed by atoms with van der Waals surface area (Å²) in [5.74, 6) is -0.00396. The van der Waals surface area contributed by atoms with Crippen molar-refractivity contribution >= 4 is 12.3 Å². The minimum absolute atomic E-state index is 0.198. The standard InChI is InChI=1S/C14H18O3/c1-12(6-5-9-15)10-14(16)17-11-13-7-3-2-4-8-13/h2-4,7-9,12H,5-6,10-11H2,1H3/t12-/m1/s1. The fourth-order valence-electron chi connectivity index (χ4n) is 1.54. The zero-order valence-electron chi connectivity index (χ0n) is 10.1. The molecule has 0 aromatic heterocycles. The van der Waals surface area contributed by atoms with Gasteiger partial charge in [0.1, 0.15) is 12.9 Å². The van der Waals surface area contributed by atoms with E-state index in [-0.39, 0.29) is 11.9 Å². The van der Waals surface area contributed by atoms with Crippen LogP contribution in [0.3, 0.4) is 0 Å². The second-order valence-corrected chi connectivity index (χ2v) is 4.20. The number of aldehydes is 1. The molecule has 92 valence electrons. The molecule has 1 aromatic carbocycles. The molecule has 0 bridgehead atoms. The van der Waals surface area contributed by atoms with E-state index in [0.29, 0.717) is 19.4 Å². The molecule has 3 nitrogen and oxygen atoms in total. The van der Waals surface area contributed by atoms with Gasteiger partial charge < -0.3 is 9.53 Å². The molecule has 0 N–H and O–H groups in total. The quantitative estimate of drug-likeness (QED) is 0.538. The fraction of sp³-hybridized carbons (Fsp3) is 0.429. The van der Waals surface area contributed by atoms with Gasteiger partial charge >= 0.3 is 5.97 Å². The molecular formula is C14H18O3. The number of hydrogen-bond acceptors (Lipinski definition) is 3. The Kier molecular flexibility index (Phi) is 6.00. The lowest BCUT2D eigenvalue weighted by molar-refractivity contribution is -0.146. The molecule has 0 unspecified atom stereocenters. The average molecular weight is 234 g/mol. The lowest BCUT2D eigenvalue weighted by Crippen LogP contribution is -2.09. The molecular weight excluding hydrogens is 216 g/mol. The number of esters is 1. The third-order valence-corrected chi connectivity index (χ3v) is 2.54. The minimum atomic E-state index is -0.202. The highest BCUT2D eigenvalue weighted by Crippen LogP contribution is 2.11. The summed E-state index contributed by atoms with van der Waals surface area (Å²) in [5, 5.41) is 0. The van der Waals surface area contributed by atoms with E-state index in [0.717, 1.165) is 18.3 Å². The van der Waals surface area contributed by atoms with Crippen molar-refractivity contribution in [1.82, 2.24) is 0 Å². The molecule has 0 radical (unpaired) electrons. The van der Waals surface area contributed by atoms with Gasteiger partial charge in [0.25, 0.3) is 0 Å². The molecule has 0 saturated heterocycles. The Labute approximate surface area is 102 Å². The van der Waals surface area contributed by atoms with Crippen LogP contribution in [0.15, 0.2) is 30.3 Å². The molecule has 0 aliphatic heterocycles. The van der Waals surface area contributed by atoms with Crippen LogP contribution < -0.4 is 0 Å². The molecule has 0 saturated carbocycles. The highest BCUT2D eigenvalue weighted by molar-refractivity contribution is 5.69. The molecule has 0 aliphatic carbocycles. The Morgan fingerprint density at radius 2 is 2.06 bits per heavy atom. The van der Waals surface area contributed by atoms with E-state index in [1.165, 1.54) is 0 Å². The first-order chi connectivity index (χ1) is 8.22. The molecule has 1 atom stereocenters. The van der Waals surface area contributed by atoms with Gasteiger partial charge in [0.2, 0.25) is 0 Å². The highest BCUT2D eigenvalue weighted by Gasteiger charge is 2.10. The zero-order valence-corrected chi connectivity index (χ0v) is 10.1. The maximum atomic E-state index is 11.5. The normalized spacial score (nSPS) is 11.8. The van der Waals surface area contributed by atoms with Crippen LogP contribution in [0.5, 0.6) is 0 Å². The van der Waals surface area contributed by atoms with Crippen LogP contribution in [-0.2, 0) is 20.9 Å². The van der Waals surface area contributed by atoms with E-state index in [9.17, 15) is 9.59 Å². The summed E-state index contributed by atoms with van der Waals surface area (Å²) >= 11 is 0. The molecule has 1 aromatic rings. The zero-order chi connectivity index (χ0) is 12.5. The summed E-state index contributed by atoms with van der Waals surface area (Å²) in [6.45, 7) is 2.27. The number of rotatable bonds is 7. The molecule has 0 heterocycles. The number of carbonyl (C=O) groups excluding carboxylic acids is 2. The van der Waals surface area contributed by atoms with Crippen LogP contribution in [-0.4, -0.2) is 12.3 Å². The van der Waals surface area contributed by atoms with Crippen molar-refractivity contribution in [2.24, 2.45) is 5.92 Å². The van der Waals surface area contributed by atoms with Crippen LogP contribution >= 0.6 is 0 Å². The number of hydrogen-bond donors (Lipinski definition) is 0. The van der Waals surface area contributed by atoms with Crippen LogP contribution in [0.2, 0.25) is 0 Å². The first-order valence-electron chi connectivity index (χ1n) is 5.85. The molecule has 0 fully saturated rings. The summed E-state index contributed by atoms with van der Waals surface area (Å²) in [4.78, 5) is 21.7. The first-order valence-corrected chi connectivity index (χ1v) is 5.85. The van der Waals surface area contributed by atoms with E-state index in [1.54, 1.807) is 0 Å². The second-order valence-electron chi connectivity index (χ2n) is 4.20. The third-order valence-electron chi connectivity index (χ3n) is 2.54. The fourth-order valence-corrected chi connectivity index (χ4v) is 1.54. The predicted molar refractivity (Wildman–Crippen MR) is 65.3 cm³/mol. The maximum absolute atomic E-state index is 11.5. The van der Waals surface area contributed by atoms with E-state index >= 15 is 0 Å². The molecule has 1 rings (SSSR count). The van der Waals surface area contributed by atoms with Gasteiger partial charge in [-0.15, -0.1) is 0 Å². The van der Waals surface area contributed by atoms with Crippen molar-refractivity contribution < 1.29 is 14.3 Å². The Balaban J connectivity index is 2.23. The van der Waals surface area contributed by atoms with Gasteiger partial charge in [0, 0.05) is 12.8 Å². The summed E-state index contributed by atoms with van der Waals surface area (Å²) in [6.07, 6.45) is 2.50. The topological polar surface area (TPSA) is 43.4 Å². The Morgan fingerprint density at radius 1 is 1.35 bits per heavy atom. The minimum Gasteiger partial charge on any atom is -0.461 e. The van der Waals surface area contributed by atoms with Crippen molar-refractivity contribution in [2.45, 2.75) is 32.8 Å². The Morgan fingerprint density at radius 3 is 2.71 bits per heavy atom. The van der Waals surface area contributed by atoms with Crippen LogP contribution in [0.4, 0.5) is 0 Å². The summed E-state index contributed by atoms with van der Waals surface area (Å²) in [7, 11) is 0. The van der Waals surface area contributed by atoms with Gasteiger partial charge in [-0.2, -0.15) is 0 Å². The van der Waals surface area contributed by atoms with E-state index < -0.39 is 0 Å². The summed E-state index contributed by atoms with van der Waals surface area (Å²) in [5.41, 5.74) is 0.987. The lowest BCUT2D eigenvalue weighted by Gasteiger charge is -2.09. The van der Waals surface area contributed by atoms with E-state index in [4.69, 9.17) is 4.74 Å². The van der Waals surface area contributed by atoms with Gasteiger partial charge in [0.05, 0.1) is 0 Å². The molecule has 0 aliphatic rings. The Hall–Kier alpha value is -1.64. The molecule has 3 heteroatoms. The average Bonchev–Trinajstić information content (AvgIpc) is 2.35. The first kappa shape index (κ1) is 13.4. The van der Waals surface area contributed by atoms with Crippen LogP contribution in [0.25, 0.3) is 0 Å². The predicted octanol–water partition coefficient (Wildman–Crippen LogP) is 2.74. The van der Waals surface area contributed by atoms with Crippen LogP contribution in [0, 0.1) is 5.92 Å². The monoisotopic (exact) mass is 234 g/mol. The maximum Gasteiger partial charge on any atom is 0.306 e. The summed E-state index contributed by atoms with van der Waals surface area (Å²) in [6, 6.07) is 9.59. The van der Waals surface area contributed by atoms with Crippen molar-refractivity contribution in [3.05, 3.63) is 35.9 Å². The van der Waals surface area contributed by atoms with Crippen molar-refractivity contribution in [2.75, 3.05) is 0 Å². The van der Waals surface area contributed by atoms with Gasteiger partial charge in [-0.25, -0.2) is 0 Å².